The first-order valence-electron chi connectivity index (χ1n) is 5.08. The summed E-state index contributed by atoms with van der Waals surface area (Å²) in [6.07, 6.45) is 2.12. The maximum Gasteiger partial charge on any atom is 0.0700 e. The predicted molar refractivity (Wildman–Crippen MR) is 59.0 cm³/mol. The largest absolute Gasteiger partial charge is 0.382 e. The molecule has 0 aromatic rings. The number of methoxy groups -OCH3 is 1. The predicted octanol–water partition coefficient (Wildman–Crippen LogP) is 1.38. The van der Waals surface area contributed by atoms with Crippen molar-refractivity contribution in [3.63, 3.8) is 0 Å². The van der Waals surface area contributed by atoms with E-state index in [0.717, 1.165) is 38.4 Å². The van der Waals surface area contributed by atoms with Crippen molar-refractivity contribution in [1.82, 2.24) is 0 Å². The summed E-state index contributed by atoms with van der Waals surface area (Å²) in [4.78, 5) is 0. The van der Waals surface area contributed by atoms with E-state index in [2.05, 4.69) is 12.6 Å². The Bertz CT molecular complexity index is 146. The van der Waals surface area contributed by atoms with E-state index < -0.39 is 0 Å². The van der Waals surface area contributed by atoms with E-state index in [-0.39, 0.29) is 5.41 Å². The second-order valence-electron chi connectivity index (χ2n) is 3.82. The summed E-state index contributed by atoms with van der Waals surface area (Å²) in [5.74, 6) is 0.878. The van der Waals surface area contributed by atoms with Gasteiger partial charge in [-0.1, -0.05) is 0 Å². The molecule has 1 aliphatic heterocycles. The first-order valence-corrected chi connectivity index (χ1v) is 5.71. The second kappa shape index (κ2) is 6.67. The van der Waals surface area contributed by atoms with Crippen LogP contribution in [0.2, 0.25) is 0 Å². The number of hydrogen-bond donors (Lipinski definition) is 1. The highest BCUT2D eigenvalue weighted by Gasteiger charge is 2.31. The van der Waals surface area contributed by atoms with Crippen molar-refractivity contribution in [2.45, 2.75) is 12.8 Å². The molecule has 14 heavy (non-hydrogen) atoms. The third kappa shape index (κ3) is 3.77. The lowest BCUT2D eigenvalue weighted by molar-refractivity contribution is -0.0358. The molecule has 0 bridgehead atoms. The average Bonchev–Trinajstić information content (AvgIpc) is 2.26. The highest BCUT2D eigenvalue weighted by atomic mass is 32.1. The fraction of sp³-hybridized carbons (Fsp3) is 1.00. The van der Waals surface area contributed by atoms with Gasteiger partial charge in [-0.3, -0.25) is 0 Å². The average molecular weight is 220 g/mol. The fourth-order valence-electron chi connectivity index (χ4n) is 1.58. The summed E-state index contributed by atoms with van der Waals surface area (Å²) in [7, 11) is 1.69. The minimum Gasteiger partial charge on any atom is -0.382 e. The van der Waals surface area contributed by atoms with Crippen molar-refractivity contribution >= 4 is 12.6 Å². The summed E-state index contributed by atoms with van der Waals surface area (Å²) in [6.45, 7) is 3.80. The standard InChI is InChI=1S/C10H20O3S/c1-11-6-7-13-8-10(9-14)2-4-12-5-3-10/h14H,2-9H2,1H3. The van der Waals surface area contributed by atoms with Crippen molar-refractivity contribution < 1.29 is 14.2 Å². The molecule has 1 saturated heterocycles. The quantitative estimate of drug-likeness (QED) is 0.541. The zero-order chi connectivity index (χ0) is 10.3. The van der Waals surface area contributed by atoms with Crippen LogP contribution in [0.4, 0.5) is 0 Å². The summed E-state index contributed by atoms with van der Waals surface area (Å²) in [5, 5.41) is 0. The Morgan fingerprint density at radius 2 is 2.00 bits per heavy atom. The van der Waals surface area contributed by atoms with Gasteiger partial charge in [-0.15, -0.1) is 0 Å². The molecule has 1 fully saturated rings. The Kier molecular flexibility index (Phi) is 5.86. The summed E-state index contributed by atoms with van der Waals surface area (Å²) >= 11 is 4.41. The number of rotatable bonds is 6. The van der Waals surface area contributed by atoms with Crippen LogP contribution < -0.4 is 0 Å². The first kappa shape index (κ1) is 12.3. The van der Waals surface area contributed by atoms with Gasteiger partial charge in [0.05, 0.1) is 19.8 Å². The summed E-state index contributed by atoms with van der Waals surface area (Å²) in [5.41, 5.74) is 0.231. The monoisotopic (exact) mass is 220 g/mol. The molecule has 0 atom stereocenters. The van der Waals surface area contributed by atoms with Gasteiger partial charge in [-0.25, -0.2) is 0 Å². The Hall–Kier alpha value is 0.230. The van der Waals surface area contributed by atoms with E-state index in [1.165, 1.54) is 0 Å². The molecule has 0 unspecified atom stereocenters. The number of ether oxygens (including phenoxy) is 3. The lowest BCUT2D eigenvalue weighted by Gasteiger charge is -2.35. The van der Waals surface area contributed by atoms with Crippen molar-refractivity contribution in [1.29, 1.82) is 0 Å². The van der Waals surface area contributed by atoms with Gasteiger partial charge in [0.15, 0.2) is 0 Å². The van der Waals surface area contributed by atoms with Crippen LogP contribution in [0.1, 0.15) is 12.8 Å². The molecule has 0 N–H and O–H groups in total. The number of thiol groups is 1. The highest BCUT2D eigenvalue weighted by molar-refractivity contribution is 7.80. The molecule has 0 amide bonds. The van der Waals surface area contributed by atoms with Crippen LogP contribution in [0.5, 0.6) is 0 Å². The number of hydrogen-bond acceptors (Lipinski definition) is 4. The van der Waals surface area contributed by atoms with Crippen molar-refractivity contribution in [3.8, 4) is 0 Å². The molecule has 3 nitrogen and oxygen atoms in total. The smallest absolute Gasteiger partial charge is 0.0700 e. The van der Waals surface area contributed by atoms with Gasteiger partial charge in [0, 0.05) is 25.7 Å². The van der Waals surface area contributed by atoms with Gasteiger partial charge in [0.1, 0.15) is 0 Å². The molecule has 0 aromatic heterocycles. The van der Waals surface area contributed by atoms with Crippen LogP contribution >= 0.6 is 12.6 Å². The maximum absolute atomic E-state index is 5.58. The minimum absolute atomic E-state index is 0.231. The van der Waals surface area contributed by atoms with E-state index in [1.807, 2.05) is 0 Å². The minimum atomic E-state index is 0.231. The second-order valence-corrected chi connectivity index (χ2v) is 4.13. The van der Waals surface area contributed by atoms with E-state index in [9.17, 15) is 0 Å². The van der Waals surface area contributed by atoms with Crippen molar-refractivity contribution in [2.75, 3.05) is 45.9 Å². The highest BCUT2D eigenvalue weighted by Crippen LogP contribution is 2.31. The van der Waals surface area contributed by atoms with E-state index in [4.69, 9.17) is 14.2 Å². The topological polar surface area (TPSA) is 27.7 Å². The molecule has 0 spiro atoms. The zero-order valence-electron chi connectivity index (χ0n) is 8.83. The van der Waals surface area contributed by atoms with E-state index in [1.54, 1.807) is 7.11 Å². The molecular weight excluding hydrogens is 200 g/mol. The third-order valence-corrected chi connectivity index (χ3v) is 3.40. The Morgan fingerprint density at radius 1 is 1.29 bits per heavy atom. The summed E-state index contributed by atoms with van der Waals surface area (Å²) in [6, 6.07) is 0. The Morgan fingerprint density at radius 3 is 2.57 bits per heavy atom. The maximum atomic E-state index is 5.58. The van der Waals surface area contributed by atoms with Gasteiger partial charge in [0.25, 0.3) is 0 Å². The van der Waals surface area contributed by atoms with Crippen LogP contribution in [0.3, 0.4) is 0 Å². The van der Waals surface area contributed by atoms with E-state index >= 15 is 0 Å². The molecular formula is C10H20O3S. The van der Waals surface area contributed by atoms with Gasteiger partial charge < -0.3 is 14.2 Å². The van der Waals surface area contributed by atoms with Gasteiger partial charge in [0.2, 0.25) is 0 Å². The fourth-order valence-corrected chi connectivity index (χ4v) is 1.99. The van der Waals surface area contributed by atoms with Crippen LogP contribution in [-0.2, 0) is 14.2 Å². The molecule has 1 rings (SSSR count). The molecule has 1 heterocycles. The van der Waals surface area contributed by atoms with Gasteiger partial charge in [-0.05, 0) is 18.6 Å². The zero-order valence-corrected chi connectivity index (χ0v) is 9.72. The van der Waals surface area contributed by atoms with Crippen LogP contribution in [0, 0.1) is 5.41 Å². The molecule has 84 valence electrons. The summed E-state index contributed by atoms with van der Waals surface area (Å²) < 4.78 is 15.8. The van der Waals surface area contributed by atoms with Crippen molar-refractivity contribution in [2.24, 2.45) is 5.41 Å². The molecule has 0 radical (unpaired) electrons. The molecule has 0 saturated carbocycles. The van der Waals surface area contributed by atoms with Crippen LogP contribution in [-0.4, -0.2) is 45.9 Å². The molecule has 4 heteroatoms. The van der Waals surface area contributed by atoms with Gasteiger partial charge >= 0.3 is 0 Å². The lowest BCUT2D eigenvalue weighted by atomic mass is 9.83. The molecule has 0 aliphatic carbocycles. The van der Waals surface area contributed by atoms with Crippen molar-refractivity contribution in [3.05, 3.63) is 0 Å². The van der Waals surface area contributed by atoms with Crippen LogP contribution in [0.25, 0.3) is 0 Å². The van der Waals surface area contributed by atoms with Crippen LogP contribution in [0.15, 0.2) is 0 Å². The molecule has 1 aliphatic rings. The normalized spacial score (nSPS) is 21.0. The Labute approximate surface area is 91.5 Å². The van der Waals surface area contributed by atoms with E-state index in [0.29, 0.717) is 13.2 Å². The first-order chi connectivity index (χ1) is 6.83. The van der Waals surface area contributed by atoms with Gasteiger partial charge in [-0.2, -0.15) is 12.6 Å². The Balaban J connectivity index is 2.22. The third-order valence-electron chi connectivity index (χ3n) is 2.73. The SMILES string of the molecule is COCCOCC1(CS)CCOCC1. The molecule has 0 aromatic carbocycles. The lowest BCUT2D eigenvalue weighted by Crippen LogP contribution is -2.36.